The minimum Gasteiger partial charge on any atom is -0.364 e. The number of allylic oxidation sites excluding steroid dienone is 2. The molecule has 2 unspecified atom stereocenters. The maximum absolute atomic E-state index is 12.8. The number of amides is 1. The molecule has 10 heteroatoms. The Kier molecular flexibility index (Phi) is 5.39. The largest absolute Gasteiger partial charge is 0.364 e. The van der Waals surface area contributed by atoms with E-state index >= 15 is 0 Å². The van der Waals surface area contributed by atoms with Gasteiger partial charge >= 0.3 is 0 Å². The molecule has 1 aliphatic carbocycles. The van der Waals surface area contributed by atoms with Crippen LogP contribution in [0.25, 0.3) is 0 Å². The van der Waals surface area contributed by atoms with E-state index in [1.54, 1.807) is 30.3 Å². The van der Waals surface area contributed by atoms with E-state index in [2.05, 4.69) is 10.3 Å². The third-order valence-corrected chi connectivity index (χ3v) is 4.88. The molecule has 1 aromatic carbocycles. The van der Waals surface area contributed by atoms with Gasteiger partial charge in [0.05, 0.1) is 18.7 Å². The van der Waals surface area contributed by atoms with Crippen LogP contribution in [0.15, 0.2) is 53.2 Å². The van der Waals surface area contributed by atoms with E-state index in [9.17, 15) is 9.59 Å². The Bertz CT molecular complexity index is 963. The average Bonchev–Trinajstić information content (AvgIpc) is 3.02. The number of halogens is 3. The molecular weight excluding hydrogens is 413 g/mol. The third-order valence-electron chi connectivity index (χ3n) is 3.97. The van der Waals surface area contributed by atoms with Crippen LogP contribution in [0.3, 0.4) is 0 Å². The highest BCUT2D eigenvalue weighted by atomic mass is 35.5. The van der Waals surface area contributed by atoms with Crippen molar-refractivity contribution < 1.29 is 9.59 Å². The number of hydrogen-bond donors (Lipinski definition) is 2. The smallest absolute Gasteiger partial charge is 0.270 e. The lowest BCUT2D eigenvalue weighted by Crippen LogP contribution is -2.46. The van der Waals surface area contributed by atoms with Gasteiger partial charge in [-0.1, -0.05) is 40.0 Å². The first-order valence-electron chi connectivity index (χ1n) is 7.73. The van der Waals surface area contributed by atoms with E-state index in [-0.39, 0.29) is 23.1 Å². The van der Waals surface area contributed by atoms with Crippen molar-refractivity contribution >= 4 is 46.5 Å². The van der Waals surface area contributed by atoms with Crippen molar-refractivity contribution in [2.24, 2.45) is 17.4 Å². The summed E-state index contributed by atoms with van der Waals surface area (Å²) in [7, 11) is 0. The molecule has 3 rings (SSSR count). The zero-order valence-corrected chi connectivity index (χ0v) is 16.0. The van der Waals surface area contributed by atoms with Crippen LogP contribution in [0.2, 0.25) is 5.02 Å². The molecule has 0 aliphatic heterocycles. The molecule has 4 N–H and O–H groups in total. The van der Waals surface area contributed by atoms with Gasteiger partial charge in [-0.2, -0.15) is 0 Å². The van der Waals surface area contributed by atoms with Crippen LogP contribution < -0.4 is 11.5 Å². The normalized spacial score (nSPS) is 22.1. The molecule has 0 bridgehead atoms. The van der Waals surface area contributed by atoms with Crippen molar-refractivity contribution in [1.82, 2.24) is 15.0 Å². The van der Waals surface area contributed by atoms with Gasteiger partial charge in [0.2, 0.25) is 0 Å². The predicted molar refractivity (Wildman–Crippen MR) is 103 cm³/mol. The zero-order chi connectivity index (χ0) is 19.8. The molecule has 1 amide bonds. The summed E-state index contributed by atoms with van der Waals surface area (Å²) in [6.45, 7) is 0.198. The Labute approximate surface area is 169 Å². The summed E-state index contributed by atoms with van der Waals surface area (Å²) in [4.78, 5) is 22.4. The van der Waals surface area contributed by atoms with E-state index in [4.69, 9.17) is 46.3 Å². The quantitative estimate of drug-likeness (QED) is 0.433. The van der Waals surface area contributed by atoms with Crippen LogP contribution in [-0.2, 0) is 6.54 Å². The lowest BCUT2D eigenvalue weighted by Gasteiger charge is -2.32. The van der Waals surface area contributed by atoms with Crippen LogP contribution >= 0.6 is 34.8 Å². The van der Waals surface area contributed by atoms with Gasteiger partial charge in [0, 0.05) is 15.6 Å². The maximum atomic E-state index is 12.8. The van der Waals surface area contributed by atoms with Gasteiger partial charge in [0.1, 0.15) is 5.00 Å². The topological polar surface area (TPSA) is 117 Å². The molecule has 1 aromatic heterocycles. The number of carbonyl (C=O) groups excluding carboxylic acids is 2. The van der Waals surface area contributed by atoms with E-state index < -0.39 is 16.8 Å². The van der Waals surface area contributed by atoms with Crippen molar-refractivity contribution in [3.63, 3.8) is 0 Å². The Morgan fingerprint density at radius 3 is 2.44 bits per heavy atom. The van der Waals surface area contributed by atoms with E-state index in [0.29, 0.717) is 16.2 Å². The monoisotopic (exact) mass is 425 g/mol. The number of primary amides is 1. The number of benzene rings is 1. The molecule has 140 valence electrons. The van der Waals surface area contributed by atoms with Gasteiger partial charge in [0.25, 0.3) is 5.91 Å². The standard InChI is InChI=1S/C17H14Cl3N5O2/c18-11-3-1-10(2-4-11)15(26)14-12(19)5-9(6-17(14,20)22)7-25-8-13(16(21)27)23-24-25/h1-6,8,14H,7,22H2,(H2,21,27). The summed E-state index contributed by atoms with van der Waals surface area (Å²) in [5.74, 6) is -1.97. The number of alkyl halides is 1. The number of aromatic nitrogens is 3. The summed E-state index contributed by atoms with van der Waals surface area (Å²) in [5.41, 5.74) is 12.4. The second-order valence-corrected chi connectivity index (χ2v) is 7.57. The fraction of sp³-hybridized carbons (Fsp3) is 0.176. The predicted octanol–water partition coefficient (Wildman–Crippen LogP) is 2.49. The number of Topliss-reactive ketones (excluding diaryl/α,β-unsaturated/α-hetero) is 1. The molecule has 2 atom stereocenters. The van der Waals surface area contributed by atoms with Crippen LogP contribution in [0.1, 0.15) is 20.8 Å². The summed E-state index contributed by atoms with van der Waals surface area (Å²) >= 11 is 18.6. The highest BCUT2D eigenvalue weighted by molar-refractivity contribution is 6.36. The Balaban J connectivity index is 1.85. The fourth-order valence-electron chi connectivity index (χ4n) is 2.75. The lowest BCUT2D eigenvalue weighted by atomic mass is 9.85. The number of ketones is 1. The van der Waals surface area contributed by atoms with Gasteiger partial charge in [-0.25, -0.2) is 4.68 Å². The maximum Gasteiger partial charge on any atom is 0.270 e. The lowest BCUT2D eigenvalue weighted by molar-refractivity contribution is 0.0926. The number of nitrogens with zero attached hydrogens (tertiary/aromatic N) is 3. The first-order valence-corrected chi connectivity index (χ1v) is 8.87. The van der Waals surface area contributed by atoms with Crippen LogP contribution in [0.4, 0.5) is 0 Å². The molecule has 1 heterocycles. The molecule has 0 radical (unpaired) electrons. The third kappa shape index (κ3) is 4.22. The molecule has 0 fully saturated rings. The Hall–Kier alpha value is -2.19. The van der Waals surface area contributed by atoms with Crippen molar-refractivity contribution in [1.29, 1.82) is 0 Å². The van der Waals surface area contributed by atoms with Gasteiger partial charge in [0.15, 0.2) is 11.5 Å². The molecule has 0 saturated heterocycles. The number of carbonyl (C=O) groups is 2. The summed E-state index contributed by atoms with van der Waals surface area (Å²) in [5, 5.41) is 8.16. The van der Waals surface area contributed by atoms with E-state index in [1.165, 1.54) is 17.0 Å². The van der Waals surface area contributed by atoms with Crippen molar-refractivity contribution in [3.8, 4) is 0 Å². The summed E-state index contributed by atoms with van der Waals surface area (Å²) < 4.78 is 1.39. The first kappa shape index (κ1) is 19.6. The van der Waals surface area contributed by atoms with E-state index in [0.717, 1.165) is 0 Å². The SMILES string of the molecule is NC(=O)c1cn(CC2=CC(N)(Cl)C(C(=O)c3ccc(Cl)cc3)C(Cl)=C2)nn1. The molecule has 0 spiro atoms. The molecule has 7 nitrogen and oxygen atoms in total. The molecule has 1 aliphatic rings. The average molecular weight is 427 g/mol. The molecule has 2 aromatic rings. The highest BCUT2D eigenvalue weighted by Crippen LogP contribution is 2.38. The van der Waals surface area contributed by atoms with Crippen LogP contribution in [-0.4, -0.2) is 31.7 Å². The number of hydrogen-bond acceptors (Lipinski definition) is 5. The fourth-order valence-corrected chi connectivity index (χ4v) is 3.71. The van der Waals surface area contributed by atoms with E-state index in [1.807, 2.05) is 0 Å². The second-order valence-electron chi connectivity index (χ2n) is 6.05. The van der Waals surface area contributed by atoms with Gasteiger partial charge in [-0.05, 0) is 42.0 Å². The molecule has 27 heavy (non-hydrogen) atoms. The van der Waals surface area contributed by atoms with Gasteiger partial charge in [-0.15, -0.1) is 5.10 Å². The van der Waals surface area contributed by atoms with Crippen LogP contribution in [0, 0.1) is 5.92 Å². The molecular formula is C17H14Cl3N5O2. The molecule has 0 saturated carbocycles. The summed E-state index contributed by atoms with van der Waals surface area (Å²) in [6.07, 6.45) is 4.52. The first-order chi connectivity index (χ1) is 12.7. The van der Waals surface area contributed by atoms with Crippen molar-refractivity contribution in [2.45, 2.75) is 11.5 Å². The minimum absolute atomic E-state index is 0.0298. The number of nitrogens with two attached hydrogens (primary N) is 2. The zero-order valence-electron chi connectivity index (χ0n) is 13.8. The summed E-state index contributed by atoms with van der Waals surface area (Å²) in [6, 6.07) is 6.37. The minimum atomic E-state index is -1.54. The number of rotatable bonds is 5. The Morgan fingerprint density at radius 2 is 1.89 bits per heavy atom. The Morgan fingerprint density at radius 1 is 1.22 bits per heavy atom. The van der Waals surface area contributed by atoms with Gasteiger partial charge < -0.3 is 11.5 Å². The van der Waals surface area contributed by atoms with Crippen molar-refractivity contribution in [3.05, 3.63) is 69.5 Å². The van der Waals surface area contributed by atoms with Gasteiger partial charge in [-0.3, -0.25) is 9.59 Å². The van der Waals surface area contributed by atoms with Crippen molar-refractivity contribution in [2.75, 3.05) is 0 Å². The highest BCUT2D eigenvalue weighted by Gasteiger charge is 2.41. The second kappa shape index (κ2) is 7.44. The van der Waals surface area contributed by atoms with Crippen LogP contribution in [0.5, 0.6) is 0 Å².